The number of aryl methyl sites for hydroxylation is 1. The smallest absolute Gasteiger partial charge is 0.347 e. The zero-order valence-electron chi connectivity index (χ0n) is 18.1. The van der Waals surface area contributed by atoms with Crippen LogP contribution in [0.5, 0.6) is 0 Å². The average molecular weight is 436 g/mol. The monoisotopic (exact) mass is 436 g/mol. The van der Waals surface area contributed by atoms with E-state index in [1.54, 1.807) is 26.0 Å². The van der Waals surface area contributed by atoms with Crippen LogP contribution >= 0.6 is 0 Å². The Bertz CT molecular complexity index is 1210. The van der Waals surface area contributed by atoms with Gasteiger partial charge in [0.05, 0.1) is 6.61 Å². The van der Waals surface area contributed by atoms with Crippen molar-refractivity contribution in [2.24, 2.45) is 0 Å². The molecule has 2 aliphatic rings. The second-order valence-electron chi connectivity index (χ2n) is 8.64. The number of benzene rings is 2. The second kappa shape index (κ2) is 7.94. The summed E-state index contributed by atoms with van der Waals surface area (Å²) in [6.07, 6.45) is -3.18. The van der Waals surface area contributed by atoms with Crippen LogP contribution in [0.15, 0.2) is 63.8 Å². The summed E-state index contributed by atoms with van der Waals surface area (Å²) in [7, 11) is 0. The van der Waals surface area contributed by atoms with Gasteiger partial charge in [0.15, 0.2) is 18.2 Å². The van der Waals surface area contributed by atoms with Crippen LogP contribution < -0.4 is 5.63 Å². The minimum atomic E-state index is -1.06. The average Bonchev–Trinajstić information content (AvgIpc) is 3.24. The van der Waals surface area contributed by atoms with Crippen LogP contribution in [0.1, 0.15) is 35.3 Å². The molecule has 7 nitrogen and oxygen atoms in total. The Morgan fingerprint density at radius 2 is 1.84 bits per heavy atom. The van der Waals surface area contributed by atoms with Gasteiger partial charge >= 0.3 is 5.63 Å². The summed E-state index contributed by atoms with van der Waals surface area (Å²) in [5, 5.41) is 0.668. The molecule has 0 N–H and O–H groups in total. The first kappa shape index (κ1) is 21.0. The lowest BCUT2D eigenvalue weighted by Crippen LogP contribution is -2.41. The van der Waals surface area contributed by atoms with E-state index >= 15 is 0 Å². The van der Waals surface area contributed by atoms with Gasteiger partial charge in [-0.3, -0.25) is 4.79 Å². The molecule has 0 unspecified atom stereocenters. The topological polar surface area (TPSA) is 84.2 Å². The molecule has 0 radical (unpaired) electrons. The largest absolute Gasteiger partial charge is 0.422 e. The predicted molar refractivity (Wildman–Crippen MR) is 115 cm³/mol. The maximum absolute atomic E-state index is 13.4. The van der Waals surface area contributed by atoms with Gasteiger partial charge < -0.3 is 23.4 Å². The van der Waals surface area contributed by atoms with E-state index in [2.05, 4.69) is 0 Å². The standard InChI is InChI=1S/C25H24O7/c1-14-9-10-18-16(11-14)12-17(23(27)29-18)19(26)20-21(28-13-15-7-5-4-6-8-15)22-24(30-20)32-25(2,3)31-22/h4-12,20-22,24H,13H2,1-3H3/t20-,21+,22-,24-/m1/s1. The summed E-state index contributed by atoms with van der Waals surface area (Å²) in [6.45, 7) is 5.74. The van der Waals surface area contributed by atoms with Gasteiger partial charge in [0.25, 0.3) is 0 Å². The van der Waals surface area contributed by atoms with Crippen molar-refractivity contribution in [2.75, 3.05) is 0 Å². The van der Waals surface area contributed by atoms with Crippen molar-refractivity contribution in [1.82, 2.24) is 0 Å². The minimum absolute atomic E-state index is 0.0827. The molecule has 2 fully saturated rings. The number of carbonyl (C=O) groups excluding carboxylic acids is 1. The number of hydrogen-bond donors (Lipinski definition) is 0. The Morgan fingerprint density at radius 3 is 2.62 bits per heavy atom. The summed E-state index contributed by atoms with van der Waals surface area (Å²) in [5.41, 5.74) is 1.56. The van der Waals surface area contributed by atoms with Gasteiger partial charge in [0.1, 0.15) is 23.4 Å². The lowest BCUT2D eigenvalue weighted by atomic mass is 10.0. The maximum atomic E-state index is 13.4. The number of rotatable bonds is 5. The zero-order valence-corrected chi connectivity index (χ0v) is 18.1. The van der Waals surface area contributed by atoms with Crippen LogP contribution in [0.2, 0.25) is 0 Å². The van der Waals surface area contributed by atoms with Crippen LogP contribution in [0.25, 0.3) is 11.0 Å². The number of carbonyl (C=O) groups is 1. The number of ether oxygens (including phenoxy) is 4. The van der Waals surface area contributed by atoms with Gasteiger partial charge in [-0.05, 0) is 44.5 Å². The molecule has 2 aliphatic heterocycles. The first-order valence-electron chi connectivity index (χ1n) is 10.6. The molecule has 1 aromatic heterocycles. The van der Waals surface area contributed by atoms with Crippen molar-refractivity contribution >= 4 is 16.8 Å². The van der Waals surface area contributed by atoms with E-state index in [0.717, 1.165) is 11.1 Å². The van der Waals surface area contributed by atoms with E-state index in [-0.39, 0.29) is 12.2 Å². The third-order valence-corrected chi connectivity index (χ3v) is 5.69. The fourth-order valence-corrected chi connectivity index (χ4v) is 4.21. The SMILES string of the molecule is Cc1ccc2oc(=O)c(C(=O)[C@H]3O[C@@H]4OC(C)(C)O[C@@H]4[C@H]3OCc3ccccc3)cc2c1. The van der Waals surface area contributed by atoms with Crippen molar-refractivity contribution in [1.29, 1.82) is 0 Å². The summed E-state index contributed by atoms with van der Waals surface area (Å²) in [5.74, 6) is -1.38. The lowest BCUT2D eigenvalue weighted by molar-refractivity contribution is -0.212. The summed E-state index contributed by atoms with van der Waals surface area (Å²) in [4.78, 5) is 26.0. The van der Waals surface area contributed by atoms with Crippen LogP contribution in [0.3, 0.4) is 0 Å². The lowest BCUT2D eigenvalue weighted by Gasteiger charge is -2.25. The summed E-state index contributed by atoms with van der Waals surface area (Å²) in [6, 6.07) is 16.6. The molecule has 0 aliphatic carbocycles. The Morgan fingerprint density at radius 1 is 1.06 bits per heavy atom. The van der Waals surface area contributed by atoms with E-state index in [9.17, 15) is 9.59 Å². The third-order valence-electron chi connectivity index (χ3n) is 5.69. The van der Waals surface area contributed by atoms with E-state index in [0.29, 0.717) is 11.0 Å². The normalized spacial score (nSPS) is 26.3. The molecule has 3 heterocycles. The summed E-state index contributed by atoms with van der Waals surface area (Å²) >= 11 is 0. The molecular formula is C25H24O7. The quantitative estimate of drug-likeness (QED) is 0.445. The molecule has 166 valence electrons. The molecule has 0 bridgehead atoms. The van der Waals surface area contributed by atoms with Gasteiger partial charge in [-0.1, -0.05) is 42.0 Å². The van der Waals surface area contributed by atoms with Crippen molar-refractivity contribution in [3.63, 3.8) is 0 Å². The molecule has 4 atom stereocenters. The Labute approximate surface area is 184 Å². The van der Waals surface area contributed by atoms with Crippen LogP contribution in [0.4, 0.5) is 0 Å². The first-order chi connectivity index (χ1) is 15.3. The van der Waals surface area contributed by atoms with Gasteiger partial charge in [-0.15, -0.1) is 0 Å². The molecule has 0 spiro atoms. The van der Waals surface area contributed by atoms with E-state index < -0.39 is 41.8 Å². The van der Waals surface area contributed by atoms with Gasteiger partial charge in [-0.25, -0.2) is 4.79 Å². The molecule has 2 aromatic carbocycles. The fraction of sp³-hybridized carbons (Fsp3) is 0.360. The highest BCUT2D eigenvalue weighted by molar-refractivity contribution is 6.01. The maximum Gasteiger partial charge on any atom is 0.347 e. The first-order valence-corrected chi connectivity index (χ1v) is 10.6. The number of hydrogen-bond acceptors (Lipinski definition) is 7. The van der Waals surface area contributed by atoms with Crippen LogP contribution in [0, 0.1) is 6.92 Å². The zero-order chi connectivity index (χ0) is 22.5. The van der Waals surface area contributed by atoms with Gasteiger partial charge in [-0.2, -0.15) is 0 Å². The van der Waals surface area contributed by atoms with E-state index in [4.69, 9.17) is 23.4 Å². The van der Waals surface area contributed by atoms with Crippen molar-refractivity contribution in [2.45, 2.75) is 57.8 Å². The van der Waals surface area contributed by atoms with Crippen molar-refractivity contribution in [3.05, 3.63) is 81.7 Å². The highest BCUT2D eigenvalue weighted by Crippen LogP contribution is 2.40. The third kappa shape index (κ3) is 3.89. The second-order valence-corrected chi connectivity index (χ2v) is 8.64. The predicted octanol–water partition coefficient (Wildman–Crippen LogP) is 3.75. The summed E-state index contributed by atoms with van der Waals surface area (Å²) < 4.78 is 29.2. The molecule has 5 rings (SSSR count). The molecule has 3 aromatic rings. The van der Waals surface area contributed by atoms with Crippen molar-refractivity contribution < 1.29 is 28.2 Å². The molecule has 32 heavy (non-hydrogen) atoms. The number of Topliss-reactive ketones (excluding diaryl/α,β-unsaturated/α-hetero) is 1. The Balaban J connectivity index is 1.46. The minimum Gasteiger partial charge on any atom is -0.422 e. The van der Waals surface area contributed by atoms with Crippen molar-refractivity contribution in [3.8, 4) is 0 Å². The van der Waals surface area contributed by atoms with Gasteiger partial charge in [0.2, 0.25) is 5.78 Å². The highest BCUT2D eigenvalue weighted by Gasteiger charge is 2.57. The van der Waals surface area contributed by atoms with Crippen LogP contribution in [-0.4, -0.2) is 36.2 Å². The molecular weight excluding hydrogens is 412 g/mol. The van der Waals surface area contributed by atoms with Crippen LogP contribution in [-0.2, 0) is 25.6 Å². The van der Waals surface area contributed by atoms with Gasteiger partial charge in [0, 0.05) is 5.39 Å². The van der Waals surface area contributed by atoms with E-state index in [1.807, 2.05) is 49.4 Å². The number of ketones is 1. The molecule has 0 amide bonds. The molecule has 0 saturated carbocycles. The molecule has 2 saturated heterocycles. The number of fused-ring (bicyclic) bond motifs is 2. The fourth-order valence-electron chi connectivity index (χ4n) is 4.21. The highest BCUT2D eigenvalue weighted by atomic mass is 16.8. The Hall–Kier alpha value is -2.84. The molecule has 7 heteroatoms. The Kier molecular flexibility index (Phi) is 5.22. The van der Waals surface area contributed by atoms with E-state index in [1.165, 1.54) is 0 Å².